The minimum atomic E-state index is -2.15. The van der Waals surface area contributed by atoms with Crippen LogP contribution in [0.5, 0.6) is 0 Å². The molecule has 2 N–H and O–H groups in total. The number of carboxylic acids is 1. The quantitative estimate of drug-likeness (QED) is 0.808. The summed E-state index contributed by atoms with van der Waals surface area (Å²) >= 11 is 0. The highest BCUT2D eigenvalue weighted by Gasteiger charge is 2.56. The van der Waals surface area contributed by atoms with E-state index >= 15 is 0 Å². The van der Waals surface area contributed by atoms with Crippen molar-refractivity contribution in [2.45, 2.75) is 38.8 Å². The van der Waals surface area contributed by atoms with Crippen LogP contribution >= 0.6 is 0 Å². The summed E-state index contributed by atoms with van der Waals surface area (Å²) in [5.74, 6) is -3.09. The number of rotatable bonds is 7. The van der Waals surface area contributed by atoms with Crippen LogP contribution < -0.4 is 0 Å². The molecule has 0 fully saturated rings. The molecule has 8 heteroatoms. The monoisotopic (exact) mass is 339 g/mol. The molecule has 0 aliphatic carbocycles. The highest BCUT2D eigenvalue weighted by molar-refractivity contribution is 5.76. The molecule has 1 heterocycles. The van der Waals surface area contributed by atoms with Gasteiger partial charge in [0, 0.05) is 11.6 Å². The number of nitrogens with zero attached hydrogens (tertiary/aromatic N) is 3. The molecule has 6 nitrogen and oxygen atoms in total. The molecule has 1 aromatic carbocycles. The third kappa shape index (κ3) is 2.77. The average Bonchev–Trinajstić information content (AvgIpc) is 3.01. The maximum Gasteiger partial charge on any atom is 0.312 e. The first-order valence-corrected chi connectivity index (χ1v) is 7.54. The van der Waals surface area contributed by atoms with E-state index in [1.807, 2.05) is 0 Å². The summed E-state index contributed by atoms with van der Waals surface area (Å²) in [7, 11) is 0. The minimum Gasteiger partial charge on any atom is -0.481 e. The normalized spacial score (nSPS) is 14.4. The molecular weight excluding hydrogens is 320 g/mol. The predicted molar refractivity (Wildman–Crippen MR) is 80.9 cm³/mol. The molecule has 24 heavy (non-hydrogen) atoms. The lowest BCUT2D eigenvalue weighted by Gasteiger charge is -2.43. The molecule has 0 radical (unpaired) electrons. The van der Waals surface area contributed by atoms with Gasteiger partial charge < -0.3 is 10.2 Å². The van der Waals surface area contributed by atoms with E-state index in [0.29, 0.717) is 6.07 Å². The van der Waals surface area contributed by atoms with Gasteiger partial charge in [0.1, 0.15) is 35.3 Å². The second kappa shape index (κ2) is 6.64. The van der Waals surface area contributed by atoms with Gasteiger partial charge in [-0.15, -0.1) is 0 Å². The predicted octanol–water partition coefficient (Wildman–Crippen LogP) is 2.34. The lowest BCUT2D eigenvalue weighted by Crippen LogP contribution is -2.53. The van der Waals surface area contributed by atoms with Crippen LogP contribution in [0.4, 0.5) is 8.78 Å². The summed E-state index contributed by atoms with van der Waals surface area (Å²) in [6, 6.07) is 2.69. The van der Waals surface area contributed by atoms with Gasteiger partial charge >= 0.3 is 5.97 Å². The van der Waals surface area contributed by atoms with Crippen molar-refractivity contribution in [3.63, 3.8) is 0 Å². The fourth-order valence-electron chi connectivity index (χ4n) is 3.18. The lowest BCUT2D eigenvalue weighted by molar-refractivity contribution is -0.177. The number of aliphatic hydroxyl groups is 1. The molecule has 1 aromatic heterocycles. The summed E-state index contributed by atoms with van der Waals surface area (Å²) in [6.07, 6.45) is 2.60. The van der Waals surface area contributed by atoms with Crippen molar-refractivity contribution in [1.82, 2.24) is 14.8 Å². The van der Waals surface area contributed by atoms with Gasteiger partial charge in [-0.1, -0.05) is 19.9 Å². The zero-order valence-corrected chi connectivity index (χ0v) is 13.4. The number of benzene rings is 1. The van der Waals surface area contributed by atoms with Crippen LogP contribution in [0.2, 0.25) is 0 Å². The molecule has 2 aromatic rings. The van der Waals surface area contributed by atoms with E-state index in [1.54, 1.807) is 13.8 Å². The minimum absolute atomic E-state index is 0.0425. The zero-order valence-electron chi connectivity index (χ0n) is 13.4. The van der Waals surface area contributed by atoms with E-state index in [0.717, 1.165) is 12.1 Å². The fourth-order valence-corrected chi connectivity index (χ4v) is 3.18. The van der Waals surface area contributed by atoms with Crippen LogP contribution in [0.15, 0.2) is 30.9 Å². The molecule has 0 spiro atoms. The van der Waals surface area contributed by atoms with Crippen molar-refractivity contribution in [2.75, 3.05) is 0 Å². The summed E-state index contributed by atoms with van der Waals surface area (Å²) in [6.45, 7) is 2.88. The maximum atomic E-state index is 14.4. The zero-order chi connectivity index (χ0) is 18.0. The third-order valence-corrected chi connectivity index (χ3v) is 4.64. The van der Waals surface area contributed by atoms with Gasteiger partial charge in [0.05, 0.1) is 6.54 Å². The van der Waals surface area contributed by atoms with E-state index in [4.69, 9.17) is 0 Å². The van der Waals surface area contributed by atoms with Crippen molar-refractivity contribution < 1.29 is 23.8 Å². The fraction of sp³-hybridized carbons (Fsp3) is 0.438. The van der Waals surface area contributed by atoms with E-state index in [2.05, 4.69) is 10.1 Å². The Bertz CT molecular complexity index is 717. The van der Waals surface area contributed by atoms with Crippen LogP contribution in [-0.2, 0) is 16.9 Å². The Morgan fingerprint density at radius 1 is 1.29 bits per heavy atom. The van der Waals surface area contributed by atoms with E-state index in [9.17, 15) is 23.8 Å². The first-order valence-electron chi connectivity index (χ1n) is 7.54. The Morgan fingerprint density at radius 3 is 2.42 bits per heavy atom. The number of halogens is 2. The lowest BCUT2D eigenvalue weighted by atomic mass is 9.64. The van der Waals surface area contributed by atoms with Crippen LogP contribution in [-0.4, -0.2) is 30.9 Å². The van der Waals surface area contributed by atoms with Crippen molar-refractivity contribution in [3.8, 4) is 0 Å². The first kappa shape index (κ1) is 18.0. The number of aromatic nitrogens is 3. The van der Waals surface area contributed by atoms with Crippen LogP contribution in [0, 0.1) is 17.0 Å². The smallest absolute Gasteiger partial charge is 0.312 e. The SMILES string of the molecule is CCC(CC)(C(=O)O)C(O)(Cn1cncn1)c1ccc(F)cc1F. The summed E-state index contributed by atoms with van der Waals surface area (Å²) in [5.41, 5.74) is -4.11. The second-order valence-corrected chi connectivity index (χ2v) is 5.67. The van der Waals surface area contributed by atoms with Gasteiger partial charge in [0.15, 0.2) is 0 Å². The van der Waals surface area contributed by atoms with Gasteiger partial charge in [-0.2, -0.15) is 5.10 Å². The number of carboxylic acid groups (broad SMARTS) is 1. The molecule has 1 unspecified atom stereocenters. The van der Waals surface area contributed by atoms with Gasteiger partial charge in [-0.25, -0.2) is 18.4 Å². The Labute approximate surface area is 137 Å². The summed E-state index contributed by atoms with van der Waals surface area (Å²) < 4.78 is 28.9. The summed E-state index contributed by atoms with van der Waals surface area (Å²) in [5, 5.41) is 25.0. The summed E-state index contributed by atoms with van der Waals surface area (Å²) in [4.78, 5) is 15.8. The number of aliphatic carboxylic acids is 1. The number of carbonyl (C=O) groups is 1. The molecule has 0 aliphatic heterocycles. The third-order valence-electron chi connectivity index (χ3n) is 4.64. The van der Waals surface area contributed by atoms with Crippen molar-refractivity contribution in [2.24, 2.45) is 5.41 Å². The van der Waals surface area contributed by atoms with Crippen molar-refractivity contribution in [1.29, 1.82) is 0 Å². The molecule has 0 aliphatic rings. The van der Waals surface area contributed by atoms with Gasteiger partial charge in [0.2, 0.25) is 0 Å². The molecule has 0 amide bonds. The van der Waals surface area contributed by atoms with Crippen molar-refractivity contribution in [3.05, 3.63) is 48.1 Å². The molecule has 0 saturated heterocycles. The van der Waals surface area contributed by atoms with E-state index in [1.165, 1.54) is 17.3 Å². The number of hydrogen-bond donors (Lipinski definition) is 2. The van der Waals surface area contributed by atoms with Gasteiger partial charge in [-0.3, -0.25) is 4.79 Å². The van der Waals surface area contributed by atoms with Crippen molar-refractivity contribution >= 4 is 5.97 Å². The van der Waals surface area contributed by atoms with Crippen LogP contribution in [0.25, 0.3) is 0 Å². The molecule has 0 bridgehead atoms. The molecular formula is C16H19F2N3O3. The Kier molecular flexibility index (Phi) is 4.98. The van der Waals surface area contributed by atoms with Crippen LogP contribution in [0.1, 0.15) is 32.3 Å². The second-order valence-electron chi connectivity index (χ2n) is 5.67. The first-order chi connectivity index (χ1) is 11.3. The largest absolute Gasteiger partial charge is 0.481 e. The molecule has 130 valence electrons. The highest BCUT2D eigenvalue weighted by atomic mass is 19.1. The topological polar surface area (TPSA) is 88.2 Å². The maximum absolute atomic E-state index is 14.4. The Balaban J connectivity index is 2.71. The average molecular weight is 339 g/mol. The van der Waals surface area contributed by atoms with Gasteiger partial charge in [0.25, 0.3) is 0 Å². The molecule has 2 rings (SSSR count). The molecule has 0 saturated carbocycles. The Hall–Kier alpha value is -2.35. The van der Waals surface area contributed by atoms with Crippen LogP contribution in [0.3, 0.4) is 0 Å². The highest BCUT2D eigenvalue weighted by Crippen LogP contribution is 2.47. The van der Waals surface area contributed by atoms with E-state index < -0.39 is 28.6 Å². The number of hydrogen-bond acceptors (Lipinski definition) is 4. The van der Waals surface area contributed by atoms with Gasteiger partial charge in [-0.05, 0) is 18.9 Å². The standard InChI is InChI=1S/C16H19F2N3O3/c1-3-15(4-2,14(22)23)16(24,8-21-10-19-9-20-21)12-6-5-11(17)7-13(12)18/h5-7,9-10,24H,3-4,8H2,1-2H3,(H,22,23). The van der Waals surface area contributed by atoms with E-state index in [-0.39, 0.29) is 24.9 Å². The molecule has 1 atom stereocenters. The Morgan fingerprint density at radius 2 is 1.96 bits per heavy atom.